The van der Waals surface area contributed by atoms with Gasteiger partial charge >= 0.3 is 68.3 Å². The van der Waals surface area contributed by atoms with E-state index in [9.17, 15) is 90.0 Å². The van der Waals surface area contributed by atoms with Crippen molar-refractivity contribution in [3.63, 3.8) is 0 Å². The zero-order chi connectivity index (χ0) is 74.7. The molecule has 32 heteroatoms. The maximum atomic E-state index is 11.4. The second-order valence-electron chi connectivity index (χ2n) is 20.0. The van der Waals surface area contributed by atoms with Crippen molar-refractivity contribution >= 4 is 86.1 Å². The molecule has 540 valence electrons. The number of amides is 6. The number of carbonyl (C=O) groups is 6. The summed E-state index contributed by atoms with van der Waals surface area (Å²) in [4.78, 5) is 80.9. The van der Waals surface area contributed by atoms with Gasteiger partial charge in [0.2, 0.25) is 38.5 Å². The second kappa shape index (κ2) is 59.9. The maximum Gasteiger partial charge on any atom is 3.00 e. The van der Waals surface area contributed by atoms with Gasteiger partial charge in [0.25, 0.3) is 0 Å². The molecule has 0 aliphatic heterocycles. The molecular formula is C70H74Mn4N10O18. The van der Waals surface area contributed by atoms with Crippen LogP contribution in [0.25, 0.3) is 0 Å². The molecule has 28 nitrogen and oxygen atoms in total. The number of rotatable bonds is 14. The fourth-order valence-corrected chi connectivity index (χ4v) is 5.35. The molecule has 0 radical (unpaired) electrons. The predicted molar refractivity (Wildman–Crippen MR) is 352 cm³/mol. The van der Waals surface area contributed by atoms with E-state index in [-0.39, 0.29) is 136 Å². The molecule has 0 aliphatic rings. The number of hydrogen-bond donors (Lipinski definition) is 0. The SMILES string of the molecule is CN(C)C=O.CN(C)C=O.CN(C)C=O.CN(C)C=O.CN(C)C=O.CN(C)C=O.[Mn+3].[Mn+3].[Mn+3].[Mn+3].[O-]c1ccccc1N=Cc1cccc([O-])c1[O-].[O-]c1ccccc1N=Cc1cccc([O-])c1[O-].[O-]c1ccccc1N=Cc1cccc([O-])c1[O-].[O-]c1ccccc1N=Cc1cccc([O-])c1[O-]. The van der Waals surface area contributed by atoms with E-state index < -0.39 is 46.0 Å². The minimum absolute atomic E-state index is 0. The van der Waals surface area contributed by atoms with Crippen LogP contribution in [0.15, 0.2) is 190 Å². The Morgan fingerprint density at radius 3 is 0.471 bits per heavy atom. The summed E-state index contributed by atoms with van der Waals surface area (Å²) < 4.78 is 0. The molecule has 0 aliphatic carbocycles. The van der Waals surface area contributed by atoms with E-state index in [1.807, 2.05) is 0 Å². The first-order chi connectivity index (χ1) is 46.3. The summed E-state index contributed by atoms with van der Waals surface area (Å²) in [7, 11) is 20.2. The van der Waals surface area contributed by atoms with E-state index in [2.05, 4.69) is 20.0 Å². The largest absolute Gasteiger partial charge is 3.00 e. The molecule has 0 aromatic heterocycles. The van der Waals surface area contributed by atoms with Gasteiger partial charge in [-0.2, -0.15) is 0 Å². The molecule has 0 unspecified atom stereocenters. The number of para-hydroxylation sites is 12. The summed E-state index contributed by atoms with van der Waals surface area (Å²) in [5.74, 6) is -5.67. The van der Waals surface area contributed by atoms with E-state index in [0.717, 1.165) is 38.5 Å². The molecular weight excluding hydrogens is 1490 g/mol. The molecule has 8 rings (SSSR count). The molecule has 8 aromatic rings. The van der Waals surface area contributed by atoms with Crippen LogP contribution in [0, 0.1) is 0 Å². The number of nitrogens with zero attached hydrogens (tertiary/aromatic N) is 10. The van der Waals surface area contributed by atoms with Gasteiger partial charge in [-0.3, -0.25) is 48.7 Å². The predicted octanol–water partition coefficient (Wildman–Crippen LogP) is 0.848. The molecule has 0 atom stereocenters. The van der Waals surface area contributed by atoms with Crippen molar-refractivity contribution in [2.24, 2.45) is 20.0 Å². The van der Waals surface area contributed by atoms with Gasteiger partial charge in [-0.05, 0) is 46.5 Å². The van der Waals surface area contributed by atoms with Crippen molar-refractivity contribution in [1.29, 1.82) is 0 Å². The molecule has 6 amide bonds. The van der Waals surface area contributed by atoms with Crippen LogP contribution >= 0.6 is 0 Å². The standard InChI is InChI=1S/4C13H11NO3.6C3H7NO.4Mn/c4*15-11-6-2-1-5-10(11)14-8-9-4-3-7-12(16)13(9)17;6*1-4(2)3-5;;;;/h4*1-8,15-17H;6*3H,1-2H3;;;;/q;;;;;;;;;;4*+3/p-12. The van der Waals surface area contributed by atoms with Crippen molar-refractivity contribution < 1.29 is 158 Å². The number of carbonyl (C=O) groups excluding carboxylic acids is 6. The van der Waals surface area contributed by atoms with Crippen LogP contribution in [-0.2, 0) is 97.0 Å². The quantitative estimate of drug-likeness (QED) is 0.0827. The zero-order valence-electron chi connectivity index (χ0n) is 57.3. The average molecular weight is 1560 g/mol. The Morgan fingerprint density at radius 2 is 0.343 bits per heavy atom. The number of hydrogen-bond acceptors (Lipinski definition) is 22. The summed E-state index contributed by atoms with van der Waals surface area (Å²) in [6.45, 7) is 0. The van der Waals surface area contributed by atoms with Gasteiger partial charge in [-0.15, -0.1) is 46.0 Å². The van der Waals surface area contributed by atoms with E-state index in [1.54, 1.807) is 157 Å². The molecule has 0 bridgehead atoms. The van der Waals surface area contributed by atoms with Crippen molar-refractivity contribution in [2.75, 3.05) is 84.6 Å². The monoisotopic (exact) mass is 1560 g/mol. The molecule has 0 N–H and O–H groups in total. The molecule has 0 saturated carbocycles. The van der Waals surface area contributed by atoms with Crippen LogP contribution in [0.2, 0.25) is 0 Å². The summed E-state index contributed by atoms with van der Waals surface area (Å²) in [6.07, 6.45) is 9.45. The summed E-state index contributed by atoms with van der Waals surface area (Å²) in [5, 5.41) is 135. The Hall–Kier alpha value is -11.1. The Balaban J connectivity index is -0.000000263. The fraction of sp³-hybridized carbons (Fsp3) is 0.171. The van der Waals surface area contributed by atoms with Gasteiger partial charge in [0.15, 0.2) is 0 Å². The second-order valence-corrected chi connectivity index (χ2v) is 20.0. The summed E-state index contributed by atoms with van der Waals surface area (Å²) in [6, 6.07) is 41.5. The third kappa shape index (κ3) is 47.0. The van der Waals surface area contributed by atoms with Crippen LogP contribution in [0.3, 0.4) is 0 Å². The topological polar surface area (TPSA) is 448 Å². The third-order valence-corrected chi connectivity index (χ3v) is 10.1. The molecule has 0 fully saturated rings. The number of benzene rings is 8. The van der Waals surface area contributed by atoms with E-state index in [1.165, 1.54) is 151 Å². The van der Waals surface area contributed by atoms with Crippen molar-refractivity contribution in [1.82, 2.24) is 29.4 Å². The van der Waals surface area contributed by atoms with Gasteiger partial charge < -0.3 is 90.7 Å². The normalized spacial score (nSPS) is 9.22. The maximum absolute atomic E-state index is 11.4. The van der Waals surface area contributed by atoms with E-state index in [4.69, 9.17) is 0 Å². The van der Waals surface area contributed by atoms with Crippen LogP contribution in [0.1, 0.15) is 22.3 Å². The van der Waals surface area contributed by atoms with Crippen molar-refractivity contribution in [3.8, 4) is 69.0 Å². The third-order valence-electron chi connectivity index (χ3n) is 10.1. The van der Waals surface area contributed by atoms with Crippen LogP contribution in [0.4, 0.5) is 22.7 Å². The zero-order valence-corrected chi connectivity index (χ0v) is 62.0. The van der Waals surface area contributed by atoms with E-state index in [0.29, 0.717) is 0 Å². The molecule has 0 heterocycles. The van der Waals surface area contributed by atoms with Crippen LogP contribution < -0.4 is 61.3 Å². The van der Waals surface area contributed by atoms with Crippen molar-refractivity contribution in [3.05, 3.63) is 192 Å². The van der Waals surface area contributed by atoms with Gasteiger partial charge in [0.05, 0.1) is 22.7 Å². The minimum Gasteiger partial charge on any atom is -0.873 e. The number of aliphatic imine (C=N–C) groups is 4. The van der Waals surface area contributed by atoms with Crippen LogP contribution in [-0.4, -0.2) is 177 Å². The van der Waals surface area contributed by atoms with Gasteiger partial charge in [0.1, 0.15) is 0 Å². The Bertz CT molecular complexity index is 3290. The summed E-state index contributed by atoms with van der Waals surface area (Å²) >= 11 is 0. The Kier molecular flexibility index (Phi) is 59.9. The van der Waals surface area contributed by atoms with Gasteiger partial charge in [0, 0.05) is 109 Å². The Morgan fingerprint density at radius 1 is 0.216 bits per heavy atom. The smallest absolute Gasteiger partial charge is 0.873 e. The van der Waals surface area contributed by atoms with Gasteiger partial charge in [-0.25, -0.2) is 0 Å². The first kappa shape index (κ1) is 102. The molecule has 0 saturated heterocycles. The van der Waals surface area contributed by atoms with Gasteiger partial charge in [-0.1, -0.05) is 169 Å². The first-order valence-corrected chi connectivity index (χ1v) is 28.1. The van der Waals surface area contributed by atoms with Crippen molar-refractivity contribution in [2.45, 2.75) is 0 Å². The summed E-state index contributed by atoms with van der Waals surface area (Å²) in [5.41, 5.74) is 1.68. The fourth-order valence-electron chi connectivity index (χ4n) is 5.35. The average Bonchev–Trinajstić information content (AvgIpc) is 0.880. The first-order valence-electron chi connectivity index (χ1n) is 28.1. The molecule has 8 aromatic carbocycles. The Labute approximate surface area is 635 Å². The minimum atomic E-state index is -0.611. The van der Waals surface area contributed by atoms with Crippen LogP contribution in [0.5, 0.6) is 69.0 Å². The van der Waals surface area contributed by atoms with E-state index >= 15 is 0 Å². The molecule has 102 heavy (non-hydrogen) atoms. The molecule has 0 spiro atoms.